The fourth-order valence-corrected chi connectivity index (χ4v) is 24.5. The summed E-state index contributed by atoms with van der Waals surface area (Å²) in [6.45, 7) is 0.919. The zero-order chi connectivity index (χ0) is 104. The number of nitrogens with zero attached hydrogens (tertiary/aromatic N) is 9. The Bertz CT molecular complexity index is 7300. The second kappa shape index (κ2) is 50.9. The van der Waals surface area contributed by atoms with Gasteiger partial charge in [0.15, 0.2) is 0 Å². The fourth-order valence-electron chi connectivity index (χ4n) is 16.5. The summed E-state index contributed by atoms with van der Waals surface area (Å²) in [6, 6.07) is 34.0. The van der Waals surface area contributed by atoms with Crippen molar-refractivity contribution in [1.82, 2.24) is 39.9 Å². The van der Waals surface area contributed by atoms with Crippen molar-refractivity contribution >= 4 is 195 Å². The normalized spacial score (nSPS) is 19.8. The smallest absolute Gasteiger partial charge is 0.333 e. The molecule has 8 aromatic heterocycles. The van der Waals surface area contributed by atoms with Crippen LogP contribution in [0.5, 0.6) is 5.75 Å². The van der Waals surface area contributed by atoms with Gasteiger partial charge in [0.1, 0.15) is 71.1 Å². The first-order chi connectivity index (χ1) is 68.3. The molecule has 0 amide bonds. The van der Waals surface area contributed by atoms with E-state index in [1.807, 2.05) is 59.3 Å². The van der Waals surface area contributed by atoms with Crippen molar-refractivity contribution < 1.29 is 103 Å². The van der Waals surface area contributed by atoms with E-state index in [1.54, 1.807) is 49.4 Å². The predicted molar refractivity (Wildman–Crippen MR) is 547 cm³/mol. The van der Waals surface area contributed by atoms with Gasteiger partial charge in [0, 0.05) is 92.1 Å². The van der Waals surface area contributed by atoms with Crippen molar-refractivity contribution in [1.29, 1.82) is 5.26 Å². The van der Waals surface area contributed by atoms with Crippen molar-refractivity contribution in [2.45, 2.75) is 150 Å². The highest BCUT2D eigenvalue weighted by atomic mass is 35.5. The lowest BCUT2D eigenvalue weighted by Crippen LogP contribution is -2.24. The summed E-state index contributed by atoms with van der Waals surface area (Å²) in [5.41, 5.74) is 6.29. The van der Waals surface area contributed by atoms with Gasteiger partial charge in [-0.1, -0.05) is 102 Å². The molecule has 16 rings (SSSR count). The quantitative estimate of drug-likeness (QED) is 0.0160. The van der Waals surface area contributed by atoms with Crippen LogP contribution in [0.15, 0.2) is 186 Å². The lowest BCUT2D eigenvalue weighted by Gasteiger charge is -2.15. The molecule has 0 bridgehead atoms. The number of carbonyl (C=O) groups is 4. The molecule has 0 aliphatic heterocycles. The van der Waals surface area contributed by atoms with Gasteiger partial charge in [-0.2, -0.15) is 38.9 Å². The third-order valence-electron chi connectivity index (χ3n) is 23.5. The van der Waals surface area contributed by atoms with Gasteiger partial charge in [-0.15, -0.1) is 45.3 Å². The number of aliphatic hydroxyl groups excluding tert-OH is 4. The Morgan fingerprint density at radius 1 is 0.462 bits per heavy atom. The van der Waals surface area contributed by atoms with Gasteiger partial charge < -0.3 is 41.1 Å². The number of anilines is 3. The first-order valence-electron chi connectivity index (χ1n) is 43.7. The Morgan fingerprint density at radius 3 is 1.38 bits per heavy atom. The first-order valence-corrected chi connectivity index (χ1v) is 56.3. The molecule has 53 heteroatoms. The third-order valence-corrected chi connectivity index (χ3v) is 33.0. The molecule has 772 valence electrons. The number of hydrogen-bond acceptors (Lipinski definition) is 39. The zero-order valence-corrected chi connectivity index (χ0v) is 86.8. The topological polar surface area (TPSA) is 633 Å². The van der Waals surface area contributed by atoms with Crippen molar-refractivity contribution in [3.05, 3.63) is 286 Å². The second-order valence-electron chi connectivity index (χ2n) is 33.9. The number of nitrogens with two attached hydrogens (primary N) is 4. The molecule has 4 aliphatic rings. The van der Waals surface area contributed by atoms with Crippen LogP contribution >= 0.6 is 103 Å². The monoisotopic (exact) mass is 2260 g/mol. The molecule has 8 heterocycles. The van der Waals surface area contributed by atoms with Crippen molar-refractivity contribution in [2.75, 3.05) is 42.4 Å². The maximum atomic E-state index is 13.4. The average molecular weight is 2260 g/mol. The summed E-state index contributed by atoms with van der Waals surface area (Å²) >= 11 is 34.9. The number of thiophene rings is 4. The second-order valence-corrected chi connectivity index (χ2v) is 47.0. The van der Waals surface area contributed by atoms with Crippen LogP contribution in [0.2, 0.25) is 25.1 Å². The lowest BCUT2D eigenvalue weighted by molar-refractivity contribution is 0.0998. The number of aryl methyl sites for hydroxylation is 3. The number of halogens is 5. The molecule has 4 fully saturated rings. The predicted octanol–water partition coefficient (Wildman–Crippen LogP) is 12.4. The number of rotatable bonds is 38. The minimum absolute atomic E-state index is 0. The fraction of sp³-hybridized carbons (Fsp3) is 0.337. The molecule has 15 N–H and O–H groups in total. The molecule has 145 heavy (non-hydrogen) atoms. The molecule has 39 nitrogen and oxygen atoms in total. The molecule has 12 aromatic rings. The standard InChI is InChI=1S/C23H23Cl2N3O6S2.C23H22ClN5O5S2.C23H25ClN4O5S2.C22H23ClN4O7S3.CH4/c24-17-2-1-3-20(22(17)25)33-9-14-7-21(35-11-14)23(30)16-8-27-12-28-18(16)5-13-4-15(19(29)6-13)10-34-36(26,31)32;24-16-3-1-2-13(5-16)4-14-7-20(35-21(14)9-25)22(31)18-10-27-12-28-23(18)29-17-6-15(19(30)8-17)11-34-36(26,32)33;24-17-5-3-14(4-6-17)1-2-15-7-21(34-12-15)22(30)19-10-26-13-27-23(19)28-18-8-16(20(29)9-18)11-33-35(25,31)32;1-12-20(36(30,31)16-4-2-3-14(23)6-16)8-19(35-12)21(29)17-9-25-11-26-22(17)27-15-5-13(18(28)7-15)10-34-37(24,32)33;/h1-3,7-8,11-13,15,19,29H,4-6,9-10H2,(H2,26,31,32);1-3,5,7,10,12,15,17,19,30H,4,6,8,11H2,(H2,26,32,33)(H,27,28,29);3-7,10,12-13,16,18,20,29H,1-2,8-9,11H2,(H2,25,31,32)(H,26,27,28);2-4,6,8-9,11,13,15,18,28H,5,7,10H2,1H3,(H2,24,32,33)(H,25,26,27);1H4/t13-,15+,19-;15-,17-,19+;16-,18-,20+;13-,15-,18+;/m0111./s1. The summed E-state index contributed by atoms with van der Waals surface area (Å²) in [7, 11) is -20.3. The van der Waals surface area contributed by atoms with Gasteiger partial charge in [0.25, 0.3) is 0 Å². The molecule has 4 aromatic carbocycles. The van der Waals surface area contributed by atoms with E-state index in [-0.39, 0.29) is 137 Å². The molecule has 4 saturated carbocycles. The summed E-state index contributed by atoms with van der Waals surface area (Å²) in [5, 5.41) is 85.8. The van der Waals surface area contributed by atoms with Gasteiger partial charge in [-0.3, -0.25) is 35.9 Å². The van der Waals surface area contributed by atoms with E-state index >= 15 is 0 Å². The van der Waals surface area contributed by atoms with Crippen LogP contribution in [-0.2, 0) is 100 Å². The molecule has 0 spiro atoms. The van der Waals surface area contributed by atoms with E-state index in [0.717, 1.165) is 57.8 Å². The lowest BCUT2D eigenvalue weighted by atomic mass is 9.96. The number of nitrogens with one attached hydrogen (secondary N) is 3. The number of sulfone groups is 1. The maximum Gasteiger partial charge on any atom is 0.333 e. The minimum atomic E-state index is -4.14. The Balaban J connectivity index is 0.000000172. The summed E-state index contributed by atoms with van der Waals surface area (Å²) in [5.74, 6) is -1.65. The van der Waals surface area contributed by atoms with Gasteiger partial charge in [-0.05, 0) is 202 Å². The molecular weight excluding hydrogens is 2160 g/mol. The van der Waals surface area contributed by atoms with Gasteiger partial charge in [0.2, 0.25) is 33.0 Å². The van der Waals surface area contributed by atoms with Gasteiger partial charge >= 0.3 is 41.2 Å². The van der Waals surface area contributed by atoms with Crippen LogP contribution in [0.1, 0.15) is 163 Å². The number of benzene rings is 4. The molecular formula is C92H97Cl5N16O23S9. The van der Waals surface area contributed by atoms with Crippen molar-refractivity contribution in [2.24, 2.45) is 50.1 Å². The number of hydrogen-bond donors (Lipinski definition) is 11. The van der Waals surface area contributed by atoms with E-state index in [1.165, 1.54) is 103 Å². The summed E-state index contributed by atoms with van der Waals surface area (Å²) in [4.78, 5) is 88.7. The van der Waals surface area contributed by atoms with Crippen LogP contribution in [-0.4, -0.2) is 194 Å². The number of carbonyl (C=O) groups excluding carboxylic acids is 4. The number of nitriles is 1. The van der Waals surface area contributed by atoms with Crippen LogP contribution in [0.4, 0.5) is 17.5 Å². The third kappa shape index (κ3) is 32.6. The summed E-state index contributed by atoms with van der Waals surface area (Å²) < 4.78 is 139. The van der Waals surface area contributed by atoms with E-state index in [2.05, 4.69) is 78.6 Å². The largest absolute Gasteiger partial charge is 0.487 e. The number of aromatic nitrogens is 8. The highest BCUT2D eigenvalue weighted by molar-refractivity contribution is 7.91. The Morgan fingerprint density at radius 2 is 0.890 bits per heavy atom. The van der Waals surface area contributed by atoms with Crippen molar-refractivity contribution in [3.63, 3.8) is 0 Å². The Kier molecular flexibility index (Phi) is 39.9. The first kappa shape index (κ1) is 114. The number of aliphatic hydroxyl groups is 4. The van der Waals surface area contributed by atoms with E-state index in [4.69, 9.17) is 83.3 Å². The van der Waals surface area contributed by atoms with Crippen molar-refractivity contribution in [3.8, 4) is 11.8 Å². The van der Waals surface area contributed by atoms with Crippen LogP contribution in [0.25, 0.3) is 0 Å². The Labute approximate surface area is 876 Å². The highest BCUT2D eigenvalue weighted by Crippen LogP contribution is 2.41. The number of ether oxygens (including phenoxy) is 1. The highest BCUT2D eigenvalue weighted by Gasteiger charge is 2.40. The summed E-state index contributed by atoms with van der Waals surface area (Å²) in [6.07, 6.45) is 13.3. The van der Waals surface area contributed by atoms with E-state index < -0.39 is 99.0 Å². The SMILES string of the molecule is C.Cc1sc(C(=O)c2cncnc2N[C@@H]2C[C@H](COS(N)(=O)=O)[C@@H](O)C2)cc1S(=O)(=O)c1cccc(Cl)c1.N#Cc1sc(C(=O)c2cncnc2N[C@@H]2C[C@H](COS(N)(=O)=O)[C@@H](O)C2)cc1Cc1cccc(Cl)c1.NS(=O)(=O)OC[C@H]1C[C@@H](Cc2ncncc2C(=O)c2cc(COc3cccc(Cl)c3Cl)cs2)C[C@@H]1O.NS(=O)(=O)OC[C@H]1C[C@@H](Nc2ncncc2C(=O)c2cc(CCc3ccc(Cl)cc3)cs2)C[C@@H]1O. The maximum absolute atomic E-state index is 13.4. The number of ketones is 4. The van der Waals surface area contributed by atoms with Crippen LogP contribution < -0.4 is 41.2 Å². The van der Waals surface area contributed by atoms with Crippen LogP contribution in [0, 0.1) is 47.8 Å². The minimum Gasteiger partial charge on any atom is -0.487 e. The van der Waals surface area contributed by atoms with Gasteiger partial charge in [-0.25, -0.2) is 68.8 Å². The molecule has 4 aliphatic carbocycles. The molecule has 0 radical (unpaired) electrons. The average Bonchev–Trinajstić information content (AvgIpc) is 1.62. The zero-order valence-electron chi connectivity index (χ0n) is 75.6. The Hall–Kier alpha value is -9.91. The van der Waals surface area contributed by atoms with E-state index in [0.29, 0.717) is 131 Å². The van der Waals surface area contributed by atoms with E-state index in [9.17, 15) is 87.0 Å². The van der Waals surface area contributed by atoms with Crippen LogP contribution in [0.3, 0.4) is 0 Å². The molecule has 0 unspecified atom stereocenters. The van der Waals surface area contributed by atoms with Gasteiger partial charge in [0.05, 0.1) is 113 Å². The molecule has 12 atom stereocenters. The molecule has 0 saturated heterocycles.